The van der Waals surface area contributed by atoms with Crippen LogP contribution in [-0.2, 0) is 23.1 Å². The van der Waals surface area contributed by atoms with Crippen LogP contribution in [0.2, 0.25) is 0 Å². The molecule has 0 saturated heterocycles. The normalized spacial score (nSPS) is 11.7. The predicted molar refractivity (Wildman–Crippen MR) is 122 cm³/mol. The zero-order valence-electron chi connectivity index (χ0n) is 17.8. The van der Waals surface area contributed by atoms with Crippen LogP contribution in [-0.4, -0.2) is 47.3 Å². The minimum Gasteiger partial charge on any atom is -0.347 e. The van der Waals surface area contributed by atoms with Crippen molar-refractivity contribution in [2.24, 2.45) is 0 Å². The molecule has 8 nitrogen and oxygen atoms in total. The van der Waals surface area contributed by atoms with E-state index < -0.39 is 10.0 Å². The van der Waals surface area contributed by atoms with E-state index >= 15 is 0 Å². The van der Waals surface area contributed by atoms with E-state index in [1.807, 2.05) is 28.8 Å². The van der Waals surface area contributed by atoms with Crippen LogP contribution in [0.25, 0.3) is 10.9 Å². The van der Waals surface area contributed by atoms with Gasteiger partial charge in [0, 0.05) is 62.9 Å². The third kappa shape index (κ3) is 4.39. The Morgan fingerprint density at radius 3 is 2.47 bits per heavy atom. The van der Waals surface area contributed by atoms with E-state index in [9.17, 15) is 13.2 Å². The molecule has 0 aliphatic carbocycles. The predicted octanol–water partition coefficient (Wildman–Crippen LogP) is 2.66. The molecular weight excluding hydrogens is 426 g/mol. The van der Waals surface area contributed by atoms with Crippen molar-refractivity contribution in [1.82, 2.24) is 24.2 Å². The second-order valence-electron chi connectivity index (χ2n) is 7.52. The molecule has 0 saturated carbocycles. The number of amides is 1. The van der Waals surface area contributed by atoms with Crippen LogP contribution in [0, 0.1) is 0 Å². The van der Waals surface area contributed by atoms with Gasteiger partial charge in [-0.1, -0.05) is 6.07 Å². The lowest BCUT2D eigenvalue weighted by molar-refractivity contribution is 0.0942. The van der Waals surface area contributed by atoms with Crippen LogP contribution in [0.15, 0.2) is 78.2 Å². The average Bonchev–Trinajstić information content (AvgIpc) is 3.16. The minimum absolute atomic E-state index is 0.179. The van der Waals surface area contributed by atoms with Crippen molar-refractivity contribution in [2.75, 3.05) is 14.1 Å². The lowest BCUT2D eigenvalue weighted by Gasteiger charge is -2.13. The molecule has 1 aromatic carbocycles. The van der Waals surface area contributed by atoms with Crippen LogP contribution in [0.1, 0.15) is 21.6 Å². The van der Waals surface area contributed by atoms with E-state index in [0.29, 0.717) is 24.2 Å². The Balaban J connectivity index is 1.75. The van der Waals surface area contributed by atoms with Crippen LogP contribution in [0.5, 0.6) is 0 Å². The van der Waals surface area contributed by atoms with Gasteiger partial charge in [-0.2, -0.15) is 0 Å². The molecule has 32 heavy (non-hydrogen) atoms. The number of rotatable bonds is 7. The van der Waals surface area contributed by atoms with E-state index in [2.05, 4.69) is 15.3 Å². The molecule has 0 fully saturated rings. The summed E-state index contributed by atoms with van der Waals surface area (Å²) in [5, 5.41) is 3.60. The first-order chi connectivity index (χ1) is 15.4. The molecule has 3 heterocycles. The quantitative estimate of drug-likeness (QED) is 0.468. The second kappa shape index (κ2) is 8.89. The highest BCUT2D eigenvalue weighted by molar-refractivity contribution is 7.89. The Kier molecular flexibility index (Phi) is 6.02. The summed E-state index contributed by atoms with van der Waals surface area (Å²) in [6, 6.07) is 14.1. The van der Waals surface area contributed by atoms with Gasteiger partial charge in [0.2, 0.25) is 10.0 Å². The molecule has 1 N–H and O–H groups in total. The molecule has 4 rings (SSSR count). The van der Waals surface area contributed by atoms with Gasteiger partial charge in [-0.3, -0.25) is 14.8 Å². The van der Waals surface area contributed by atoms with Crippen molar-refractivity contribution in [3.63, 3.8) is 0 Å². The number of hydrogen-bond donors (Lipinski definition) is 1. The van der Waals surface area contributed by atoms with E-state index in [4.69, 9.17) is 0 Å². The second-order valence-corrected chi connectivity index (χ2v) is 9.68. The molecule has 0 atom stereocenters. The van der Waals surface area contributed by atoms with Crippen LogP contribution in [0.3, 0.4) is 0 Å². The van der Waals surface area contributed by atoms with Crippen molar-refractivity contribution in [2.45, 2.75) is 18.0 Å². The fourth-order valence-electron chi connectivity index (χ4n) is 3.43. The summed E-state index contributed by atoms with van der Waals surface area (Å²) in [5.41, 5.74) is 3.08. The van der Waals surface area contributed by atoms with Gasteiger partial charge >= 0.3 is 0 Å². The third-order valence-electron chi connectivity index (χ3n) is 5.15. The van der Waals surface area contributed by atoms with Crippen molar-refractivity contribution in [3.05, 3.63) is 90.1 Å². The van der Waals surface area contributed by atoms with E-state index in [-0.39, 0.29) is 10.8 Å². The molecule has 164 valence electrons. The Bertz CT molecular complexity index is 1350. The van der Waals surface area contributed by atoms with Gasteiger partial charge in [0.25, 0.3) is 5.91 Å². The van der Waals surface area contributed by atoms with E-state index in [1.54, 1.807) is 49.1 Å². The summed E-state index contributed by atoms with van der Waals surface area (Å²) in [5.74, 6) is -0.254. The van der Waals surface area contributed by atoms with Gasteiger partial charge in [0.1, 0.15) is 5.69 Å². The maximum Gasteiger partial charge on any atom is 0.268 e. The highest BCUT2D eigenvalue weighted by atomic mass is 32.2. The topological polar surface area (TPSA) is 97.2 Å². The zero-order valence-corrected chi connectivity index (χ0v) is 18.6. The smallest absolute Gasteiger partial charge is 0.268 e. The number of carbonyl (C=O) groups is 1. The lowest BCUT2D eigenvalue weighted by atomic mass is 10.2. The Hall–Kier alpha value is -3.56. The number of nitrogens with zero attached hydrogens (tertiary/aromatic N) is 4. The van der Waals surface area contributed by atoms with Crippen molar-refractivity contribution < 1.29 is 13.2 Å². The number of carbonyl (C=O) groups excluding carboxylic acids is 1. The maximum absolute atomic E-state index is 13.1. The third-order valence-corrected chi connectivity index (χ3v) is 6.96. The highest BCUT2D eigenvalue weighted by Gasteiger charge is 2.21. The summed E-state index contributed by atoms with van der Waals surface area (Å²) < 4.78 is 28.2. The Morgan fingerprint density at radius 2 is 1.78 bits per heavy atom. The molecule has 4 aromatic rings. The van der Waals surface area contributed by atoms with Gasteiger partial charge in [0.05, 0.1) is 4.90 Å². The summed E-state index contributed by atoms with van der Waals surface area (Å²) >= 11 is 0. The summed E-state index contributed by atoms with van der Waals surface area (Å²) in [7, 11) is -0.606. The van der Waals surface area contributed by atoms with Crippen LogP contribution < -0.4 is 5.32 Å². The number of pyridine rings is 2. The van der Waals surface area contributed by atoms with Gasteiger partial charge in [-0.15, -0.1) is 0 Å². The average molecular weight is 450 g/mol. The fourth-order valence-corrected chi connectivity index (χ4v) is 4.36. The monoisotopic (exact) mass is 449 g/mol. The summed E-state index contributed by atoms with van der Waals surface area (Å²) in [4.78, 5) is 21.4. The Morgan fingerprint density at radius 1 is 1.00 bits per heavy atom. The summed E-state index contributed by atoms with van der Waals surface area (Å²) in [6.07, 6.45) is 6.78. The molecule has 3 aromatic heterocycles. The number of nitrogens with one attached hydrogen (secondary N) is 1. The number of fused-ring (bicyclic) bond motifs is 1. The SMILES string of the molecule is CN(C)S(=O)(=O)c1ccc2c(c1)cc(C(=O)NCc1cccnc1)n2Cc1ccncc1. The number of sulfonamides is 1. The lowest BCUT2D eigenvalue weighted by Crippen LogP contribution is -2.25. The number of aromatic nitrogens is 3. The maximum atomic E-state index is 13.1. The largest absolute Gasteiger partial charge is 0.347 e. The molecule has 0 bridgehead atoms. The van der Waals surface area contributed by atoms with Crippen molar-refractivity contribution in [3.8, 4) is 0 Å². The molecule has 0 aliphatic heterocycles. The molecule has 0 spiro atoms. The van der Waals surface area contributed by atoms with Crippen LogP contribution in [0.4, 0.5) is 0 Å². The van der Waals surface area contributed by atoms with E-state index in [0.717, 1.165) is 16.6 Å². The first-order valence-electron chi connectivity index (χ1n) is 9.98. The van der Waals surface area contributed by atoms with Crippen molar-refractivity contribution in [1.29, 1.82) is 0 Å². The number of benzene rings is 1. The zero-order chi connectivity index (χ0) is 22.7. The molecule has 1 amide bonds. The highest BCUT2D eigenvalue weighted by Crippen LogP contribution is 2.26. The first-order valence-corrected chi connectivity index (χ1v) is 11.4. The molecule has 0 radical (unpaired) electrons. The van der Waals surface area contributed by atoms with Gasteiger partial charge < -0.3 is 9.88 Å². The fraction of sp³-hybridized carbons (Fsp3) is 0.174. The van der Waals surface area contributed by atoms with E-state index in [1.165, 1.54) is 18.4 Å². The molecule has 0 unspecified atom stereocenters. The molecule has 0 aliphatic rings. The first kappa shape index (κ1) is 21.7. The molecule has 9 heteroatoms. The molecular formula is C23H23N5O3S. The van der Waals surface area contributed by atoms with Gasteiger partial charge in [0.15, 0.2) is 0 Å². The summed E-state index contributed by atoms with van der Waals surface area (Å²) in [6.45, 7) is 0.783. The van der Waals surface area contributed by atoms with Gasteiger partial charge in [-0.25, -0.2) is 12.7 Å². The standard InChI is InChI=1S/C23H23N5O3S/c1-27(2)32(30,31)20-5-6-21-19(12-20)13-22(28(21)16-17-7-10-24-11-8-17)23(29)26-15-18-4-3-9-25-14-18/h3-14H,15-16H2,1-2H3,(H,26,29). The minimum atomic E-state index is -3.59. The van der Waals surface area contributed by atoms with Gasteiger partial charge in [-0.05, 0) is 53.6 Å². The van der Waals surface area contributed by atoms with Crippen molar-refractivity contribution >= 4 is 26.8 Å². The Labute approximate surface area is 186 Å². The number of hydrogen-bond acceptors (Lipinski definition) is 5. The van der Waals surface area contributed by atoms with Crippen LogP contribution >= 0.6 is 0 Å².